The molecule has 0 radical (unpaired) electrons. The Morgan fingerprint density at radius 2 is 2.07 bits per heavy atom. The van der Waals surface area contributed by atoms with Gasteiger partial charge in [-0.3, -0.25) is 0 Å². The second-order valence-electron chi connectivity index (χ2n) is 6.22. The van der Waals surface area contributed by atoms with Gasteiger partial charge in [-0.2, -0.15) is 0 Å². The summed E-state index contributed by atoms with van der Waals surface area (Å²) in [5.41, 5.74) is 0. The number of amides is 2. The zero-order valence-corrected chi connectivity index (χ0v) is 15.2. The Kier molecular flexibility index (Phi) is 5.68. The summed E-state index contributed by atoms with van der Waals surface area (Å²) in [6.07, 6.45) is 1.35. The molecule has 2 amide bonds. The lowest BCUT2D eigenvalue weighted by Crippen LogP contribution is -2.56. The Labute approximate surface area is 156 Å². The first-order valence-corrected chi connectivity index (χ1v) is 8.72. The summed E-state index contributed by atoms with van der Waals surface area (Å²) in [5.74, 6) is -0.912. The molecule has 0 spiro atoms. The van der Waals surface area contributed by atoms with E-state index in [9.17, 15) is 13.6 Å². The maximum atomic E-state index is 13.3. The molecule has 144 valence electrons. The molecular formula is C18H21F2N5O2. The third kappa shape index (κ3) is 4.42. The van der Waals surface area contributed by atoms with Gasteiger partial charge < -0.3 is 19.9 Å². The molecule has 9 heteroatoms. The van der Waals surface area contributed by atoms with Gasteiger partial charge in [0.1, 0.15) is 17.9 Å². The number of piperazine rings is 1. The third-order valence-corrected chi connectivity index (χ3v) is 4.28. The van der Waals surface area contributed by atoms with Crippen LogP contribution in [-0.2, 0) is 0 Å². The molecule has 1 unspecified atom stereocenters. The third-order valence-electron chi connectivity index (χ3n) is 4.28. The second-order valence-corrected chi connectivity index (χ2v) is 6.22. The largest absolute Gasteiger partial charge is 0.439 e. The van der Waals surface area contributed by atoms with Crippen LogP contribution in [0.3, 0.4) is 0 Å². The Bertz CT molecular complexity index is 820. The highest BCUT2D eigenvalue weighted by Gasteiger charge is 2.28. The molecule has 2 heterocycles. The van der Waals surface area contributed by atoms with Crippen LogP contribution in [0.4, 0.5) is 19.4 Å². The van der Waals surface area contributed by atoms with E-state index >= 15 is 0 Å². The summed E-state index contributed by atoms with van der Waals surface area (Å²) in [5, 5.41) is 2.81. The number of hydrogen-bond donors (Lipinski definition) is 1. The molecule has 1 fully saturated rings. The van der Waals surface area contributed by atoms with Crippen LogP contribution in [-0.4, -0.2) is 53.1 Å². The van der Waals surface area contributed by atoms with Crippen molar-refractivity contribution < 1.29 is 18.3 Å². The van der Waals surface area contributed by atoms with Crippen molar-refractivity contribution in [2.45, 2.75) is 19.9 Å². The monoisotopic (exact) mass is 377 g/mol. The highest BCUT2D eigenvalue weighted by molar-refractivity contribution is 5.74. The van der Waals surface area contributed by atoms with E-state index < -0.39 is 11.6 Å². The number of carbonyl (C=O) groups is 1. The number of nitrogens with zero attached hydrogens (tertiary/aromatic N) is 4. The van der Waals surface area contributed by atoms with E-state index in [2.05, 4.69) is 15.3 Å². The fourth-order valence-corrected chi connectivity index (χ4v) is 2.94. The molecule has 27 heavy (non-hydrogen) atoms. The van der Waals surface area contributed by atoms with Gasteiger partial charge in [0.2, 0.25) is 5.88 Å². The fraction of sp³-hybridized carbons (Fsp3) is 0.389. The van der Waals surface area contributed by atoms with Crippen molar-refractivity contribution in [3.63, 3.8) is 0 Å². The van der Waals surface area contributed by atoms with Crippen molar-refractivity contribution >= 4 is 11.8 Å². The average Bonchev–Trinajstić information content (AvgIpc) is 2.65. The lowest BCUT2D eigenvalue weighted by atomic mass is 10.2. The molecular weight excluding hydrogens is 356 g/mol. The number of ether oxygens (including phenoxy) is 1. The van der Waals surface area contributed by atoms with Crippen molar-refractivity contribution in [2.24, 2.45) is 0 Å². The SMILES string of the molecule is CCNC(=O)N1CCN(c2cc(Oc3ccc(F)c(F)c3)ncn2)CC1C. The fourth-order valence-electron chi connectivity index (χ4n) is 2.94. The van der Waals surface area contributed by atoms with Crippen LogP contribution in [0.25, 0.3) is 0 Å². The summed E-state index contributed by atoms with van der Waals surface area (Å²) in [4.78, 5) is 24.1. The minimum absolute atomic E-state index is 0.0100. The molecule has 1 aliphatic heterocycles. The first-order chi connectivity index (χ1) is 13.0. The minimum Gasteiger partial charge on any atom is -0.439 e. The van der Waals surface area contributed by atoms with Crippen LogP contribution < -0.4 is 15.0 Å². The first-order valence-electron chi connectivity index (χ1n) is 8.72. The van der Waals surface area contributed by atoms with E-state index in [1.807, 2.05) is 18.7 Å². The van der Waals surface area contributed by atoms with Crippen LogP contribution in [0.5, 0.6) is 11.6 Å². The maximum Gasteiger partial charge on any atom is 0.317 e. The molecule has 1 saturated heterocycles. The molecule has 0 aliphatic carbocycles. The smallest absolute Gasteiger partial charge is 0.317 e. The number of anilines is 1. The van der Waals surface area contributed by atoms with Crippen molar-refractivity contribution in [1.82, 2.24) is 20.2 Å². The molecule has 1 aromatic heterocycles. The molecule has 1 N–H and O–H groups in total. The number of nitrogens with one attached hydrogen (secondary N) is 1. The van der Waals surface area contributed by atoms with Gasteiger partial charge in [0.15, 0.2) is 11.6 Å². The Balaban J connectivity index is 1.69. The number of carbonyl (C=O) groups excluding carboxylic acids is 1. The van der Waals surface area contributed by atoms with Crippen LogP contribution in [0.15, 0.2) is 30.6 Å². The van der Waals surface area contributed by atoms with Gasteiger partial charge in [-0.25, -0.2) is 23.5 Å². The van der Waals surface area contributed by atoms with Gasteiger partial charge >= 0.3 is 6.03 Å². The summed E-state index contributed by atoms with van der Waals surface area (Å²) >= 11 is 0. The van der Waals surface area contributed by atoms with Crippen molar-refractivity contribution in [2.75, 3.05) is 31.1 Å². The number of urea groups is 1. The quantitative estimate of drug-likeness (QED) is 0.887. The van der Waals surface area contributed by atoms with Crippen LogP contribution in [0, 0.1) is 11.6 Å². The summed E-state index contributed by atoms with van der Waals surface area (Å²) in [6.45, 7) is 6.23. The molecule has 1 aliphatic rings. The predicted molar refractivity (Wildman–Crippen MR) is 95.9 cm³/mol. The number of hydrogen-bond acceptors (Lipinski definition) is 5. The molecule has 7 nitrogen and oxygen atoms in total. The molecule has 3 rings (SSSR count). The number of rotatable bonds is 4. The molecule has 0 saturated carbocycles. The predicted octanol–water partition coefficient (Wildman–Crippen LogP) is 2.79. The van der Waals surface area contributed by atoms with Crippen molar-refractivity contribution in [3.8, 4) is 11.6 Å². The summed E-state index contributed by atoms with van der Waals surface area (Å²) < 4.78 is 31.8. The van der Waals surface area contributed by atoms with Gasteiger partial charge in [0.25, 0.3) is 0 Å². The number of halogens is 2. The van der Waals surface area contributed by atoms with E-state index in [0.29, 0.717) is 32.0 Å². The summed E-state index contributed by atoms with van der Waals surface area (Å²) in [7, 11) is 0. The minimum atomic E-state index is -0.989. The zero-order valence-electron chi connectivity index (χ0n) is 15.2. The Morgan fingerprint density at radius 3 is 2.78 bits per heavy atom. The zero-order chi connectivity index (χ0) is 19.4. The van der Waals surface area contributed by atoms with E-state index in [1.54, 1.807) is 11.0 Å². The van der Waals surface area contributed by atoms with E-state index in [-0.39, 0.29) is 23.7 Å². The van der Waals surface area contributed by atoms with Crippen LogP contribution in [0.2, 0.25) is 0 Å². The van der Waals surface area contributed by atoms with Crippen LogP contribution in [0.1, 0.15) is 13.8 Å². The van der Waals surface area contributed by atoms with E-state index in [1.165, 1.54) is 12.4 Å². The maximum absolute atomic E-state index is 13.3. The topological polar surface area (TPSA) is 70.6 Å². The average molecular weight is 377 g/mol. The van der Waals surface area contributed by atoms with Gasteiger partial charge in [-0.1, -0.05) is 0 Å². The molecule has 2 aromatic rings. The molecule has 1 aromatic carbocycles. The van der Waals surface area contributed by atoms with E-state index in [4.69, 9.17) is 4.74 Å². The first kappa shape index (κ1) is 18.8. The van der Waals surface area contributed by atoms with Gasteiger partial charge in [0, 0.05) is 44.4 Å². The normalized spacial score (nSPS) is 17.0. The standard InChI is InChI=1S/C18H21F2N5O2/c1-3-21-18(26)25-7-6-24(10-12(25)2)16-9-17(23-11-22-16)27-13-4-5-14(19)15(20)8-13/h4-5,8-9,11-12H,3,6-7,10H2,1-2H3,(H,21,26). The number of benzene rings is 1. The van der Waals surface area contributed by atoms with Gasteiger partial charge in [-0.05, 0) is 26.0 Å². The molecule has 1 atom stereocenters. The second kappa shape index (κ2) is 8.15. The highest BCUT2D eigenvalue weighted by Crippen LogP contribution is 2.25. The lowest BCUT2D eigenvalue weighted by Gasteiger charge is -2.40. The van der Waals surface area contributed by atoms with Crippen molar-refractivity contribution in [3.05, 3.63) is 42.2 Å². The van der Waals surface area contributed by atoms with Crippen LogP contribution >= 0.6 is 0 Å². The van der Waals surface area contributed by atoms with E-state index in [0.717, 1.165) is 12.1 Å². The van der Waals surface area contributed by atoms with Gasteiger partial charge in [-0.15, -0.1) is 0 Å². The Hall–Kier alpha value is -2.97. The van der Waals surface area contributed by atoms with Crippen molar-refractivity contribution in [1.29, 1.82) is 0 Å². The van der Waals surface area contributed by atoms with Gasteiger partial charge in [0.05, 0.1) is 0 Å². The molecule has 0 bridgehead atoms. The number of aromatic nitrogens is 2. The summed E-state index contributed by atoms with van der Waals surface area (Å²) in [6, 6.07) is 4.85. The highest BCUT2D eigenvalue weighted by atomic mass is 19.2. The lowest BCUT2D eigenvalue weighted by molar-refractivity contribution is 0.172. The Morgan fingerprint density at radius 1 is 1.26 bits per heavy atom.